The second-order valence-corrected chi connectivity index (χ2v) is 2.53. The second kappa shape index (κ2) is 3.39. The second-order valence-electron chi connectivity index (χ2n) is 2.15. The molecule has 58 valence electrons. The minimum absolute atomic E-state index is 0.338. The summed E-state index contributed by atoms with van der Waals surface area (Å²) in [5.41, 5.74) is 0.995. The van der Waals surface area contributed by atoms with Crippen molar-refractivity contribution in [1.82, 2.24) is 0 Å². The van der Waals surface area contributed by atoms with Crippen LogP contribution in [0.25, 0.3) is 0 Å². The van der Waals surface area contributed by atoms with Gasteiger partial charge in [-0.25, -0.2) is 0 Å². The lowest BCUT2D eigenvalue weighted by Gasteiger charge is -2.07. The van der Waals surface area contributed by atoms with Crippen LogP contribution < -0.4 is 0 Å². The van der Waals surface area contributed by atoms with Gasteiger partial charge in [0.1, 0.15) is 0 Å². The third-order valence-corrected chi connectivity index (χ3v) is 1.91. The molecule has 0 aromatic heterocycles. The van der Waals surface area contributed by atoms with Crippen LogP contribution in [0.2, 0.25) is 0 Å². The van der Waals surface area contributed by atoms with Gasteiger partial charge in [-0.15, -0.1) is 0 Å². The summed E-state index contributed by atoms with van der Waals surface area (Å²) in [6.07, 6.45) is 5.59. The Morgan fingerprint density at radius 3 is 2.91 bits per heavy atom. The normalized spacial score (nSPS) is 21.0. The first kappa shape index (κ1) is 8.08. The van der Waals surface area contributed by atoms with Crippen molar-refractivity contribution in [2.45, 2.75) is 6.42 Å². The van der Waals surface area contributed by atoms with E-state index in [0.29, 0.717) is 28.9 Å². The molecule has 3 heteroatoms. The molecule has 0 amide bonds. The van der Waals surface area contributed by atoms with Gasteiger partial charge in [0.25, 0.3) is 0 Å². The highest BCUT2D eigenvalue weighted by Crippen LogP contribution is 2.26. The van der Waals surface area contributed by atoms with E-state index in [-0.39, 0.29) is 0 Å². The van der Waals surface area contributed by atoms with Gasteiger partial charge >= 0.3 is 0 Å². The van der Waals surface area contributed by atoms with Crippen LogP contribution in [0.15, 0.2) is 34.6 Å². The minimum atomic E-state index is 0.338. The molecule has 0 atom stereocenters. The average Bonchev–Trinajstić information content (AvgIpc) is 2.05. The van der Waals surface area contributed by atoms with Crippen LogP contribution in [0.5, 0.6) is 0 Å². The van der Waals surface area contributed by atoms with Crippen LogP contribution in [0, 0.1) is 0 Å². The van der Waals surface area contributed by atoms with E-state index in [2.05, 4.69) is 0 Å². The zero-order valence-corrected chi connectivity index (χ0v) is 6.51. The molecular weight excluding hydrogens is 164 g/mol. The molecule has 0 aromatic carbocycles. The molecule has 0 unspecified atom stereocenters. The first-order chi connectivity index (χ1) is 5.29. The van der Waals surface area contributed by atoms with Crippen molar-refractivity contribution in [3.8, 4) is 0 Å². The zero-order valence-electron chi connectivity index (χ0n) is 5.75. The van der Waals surface area contributed by atoms with E-state index in [1.54, 1.807) is 12.2 Å². The fourth-order valence-electron chi connectivity index (χ4n) is 0.861. The monoisotopic (exact) mass is 170 g/mol. The first-order valence-electron chi connectivity index (χ1n) is 3.14. The molecule has 11 heavy (non-hydrogen) atoms. The highest BCUT2D eigenvalue weighted by Gasteiger charge is 2.10. The summed E-state index contributed by atoms with van der Waals surface area (Å²) >= 11 is 5.72. The van der Waals surface area contributed by atoms with Crippen LogP contribution in [0.1, 0.15) is 6.42 Å². The predicted molar refractivity (Wildman–Crippen MR) is 43.4 cm³/mol. The molecule has 0 radical (unpaired) electrons. The number of aliphatic hydroxyl groups excluding tert-OH is 1. The van der Waals surface area contributed by atoms with Crippen molar-refractivity contribution in [1.29, 1.82) is 0 Å². The van der Waals surface area contributed by atoms with Crippen molar-refractivity contribution < 1.29 is 9.90 Å². The summed E-state index contributed by atoms with van der Waals surface area (Å²) in [7, 11) is 0. The number of carbonyl (C=O) groups is 1. The van der Waals surface area contributed by atoms with Gasteiger partial charge < -0.3 is 5.11 Å². The third-order valence-electron chi connectivity index (χ3n) is 1.45. The Morgan fingerprint density at radius 2 is 2.36 bits per heavy atom. The molecule has 0 saturated carbocycles. The summed E-state index contributed by atoms with van der Waals surface area (Å²) in [6.45, 7) is 0. The Labute approximate surface area is 69.5 Å². The highest BCUT2D eigenvalue weighted by molar-refractivity contribution is 6.34. The van der Waals surface area contributed by atoms with Gasteiger partial charge in [-0.2, -0.15) is 0 Å². The van der Waals surface area contributed by atoms with Gasteiger partial charge in [-0.3, -0.25) is 4.79 Å². The van der Waals surface area contributed by atoms with Gasteiger partial charge in [0.15, 0.2) is 6.29 Å². The molecule has 2 nitrogen and oxygen atoms in total. The van der Waals surface area contributed by atoms with E-state index >= 15 is 0 Å². The van der Waals surface area contributed by atoms with Crippen molar-refractivity contribution in [3.63, 3.8) is 0 Å². The Balaban J connectivity index is 3.06. The molecule has 0 spiro atoms. The Morgan fingerprint density at radius 1 is 1.64 bits per heavy atom. The zero-order chi connectivity index (χ0) is 8.27. The SMILES string of the molecule is O=CC1=C(Cl)C(=CO)CC=C1. The summed E-state index contributed by atoms with van der Waals surface area (Å²) in [6, 6.07) is 0. The molecule has 0 saturated heterocycles. The Bertz CT molecular complexity index is 261. The fraction of sp³-hybridized carbons (Fsp3) is 0.125. The minimum Gasteiger partial charge on any atom is -0.515 e. The summed E-state index contributed by atoms with van der Waals surface area (Å²) in [5.74, 6) is 0. The van der Waals surface area contributed by atoms with E-state index in [9.17, 15) is 4.79 Å². The molecule has 1 N–H and O–H groups in total. The number of aldehydes is 1. The number of aliphatic hydroxyl groups is 1. The lowest BCUT2D eigenvalue weighted by Crippen LogP contribution is -1.94. The maximum atomic E-state index is 10.3. The molecule has 0 fully saturated rings. The van der Waals surface area contributed by atoms with E-state index in [1.807, 2.05) is 0 Å². The smallest absolute Gasteiger partial charge is 0.151 e. The van der Waals surface area contributed by atoms with Gasteiger partial charge in [0.05, 0.1) is 11.3 Å². The summed E-state index contributed by atoms with van der Waals surface area (Å²) in [4.78, 5) is 10.3. The Hall–Kier alpha value is -1.02. The predicted octanol–water partition coefficient (Wildman–Crippen LogP) is 2.08. The molecule has 1 rings (SSSR count). The van der Waals surface area contributed by atoms with E-state index < -0.39 is 0 Å². The van der Waals surface area contributed by atoms with Crippen LogP contribution in [-0.2, 0) is 4.79 Å². The quantitative estimate of drug-likeness (QED) is 0.483. The molecule has 0 heterocycles. The lowest BCUT2D eigenvalue weighted by molar-refractivity contribution is -0.104. The molecule has 0 bridgehead atoms. The topological polar surface area (TPSA) is 37.3 Å². The molecule has 0 aromatic rings. The number of carbonyl (C=O) groups excluding carboxylic acids is 1. The van der Waals surface area contributed by atoms with Crippen molar-refractivity contribution in [2.24, 2.45) is 0 Å². The summed E-state index contributed by atoms with van der Waals surface area (Å²) < 4.78 is 0. The molecular formula is C8H7ClO2. The Kier molecular flexibility index (Phi) is 2.49. The largest absolute Gasteiger partial charge is 0.515 e. The molecule has 1 aliphatic carbocycles. The van der Waals surface area contributed by atoms with E-state index in [0.717, 1.165) is 6.26 Å². The highest BCUT2D eigenvalue weighted by atomic mass is 35.5. The van der Waals surface area contributed by atoms with Crippen LogP contribution in [0.4, 0.5) is 0 Å². The van der Waals surface area contributed by atoms with Crippen LogP contribution in [0.3, 0.4) is 0 Å². The lowest BCUT2D eigenvalue weighted by atomic mass is 10.0. The first-order valence-corrected chi connectivity index (χ1v) is 3.52. The van der Waals surface area contributed by atoms with Gasteiger partial charge in [-0.1, -0.05) is 23.8 Å². The molecule has 1 aliphatic rings. The number of allylic oxidation sites excluding steroid dienone is 5. The van der Waals surface area contributed by atoms with Gasteiger partial charge in [0.2, 0.25) is 0 Å². The number of hydrogen-bond donors (Lipinski definition) is 1. The fourth-order valence-corrected chi connectivity index (χ4v) is 1.09. The molecule has 0 aliphatic heterocycles. The number of rotatable bonds is 1. The van der Waals surface area contributed by atoms with Crippen molar-refractivity contribution in [3.05, 3.63) is 34.6 Å². The standard InChI is InChI=1S/C8H7ClO2/c9-8-6(4-10)2-1-3-7(8)5-11/h1-2,4-5,11H,3H2. The maximum absolute atomic E-state index is 10.3. The number of hydrogen-bond acceptors (Lipinski definition) is 2. The van der Waals surface area contributed by atoms with Gasteiger partial charge in [-0.05, 0) is 6.42 Å². The van der Waals surface area contributed by atoms with E-state index in [1.165, 1.54) is 0 Å². The van der Waals surface area contributed by atoms with Crippen molar-refractivity contribution >= 4 is 17.9 Å². The third kappa shape index (κ3) is 1.52. The van der Waals surface area contributed by atoms with Crippen molar-refractivity contribution in [2.75, 3.05) is 0 Å². The maximum Gasteiger partial charge on any atom is 0.151 e. The summed E-state index contributed by atoms with van der Waals surface area (Å²) in [5, 5.41) is 8.98. The van der Waals surface area contributed by atoms with E-state index in [4.69, 9.17) is 16.7 Å². The number of halogens is 1. The van der Waals surface area contributed by atoms with Gasteiger partial charge in [0, 0.05) is 11.1 Å². The average molecular weight is 171 g/mol. The van der Waals surface area contributed by atoms with Crippen LogP contribution >= 0.6 is 11.6 Å². The van der Waals surface area contributed by atoms with Crippen LogP contribution in [-0.4, -0.2) is 11.4 Å².